The number of anilines is 1. The van der Waals surface area contributed by atoms with Gasteiger partial charge in [-0.15, -0.1) is 11.3 Å². The lowest BCUT2D eigenvalue weighted by Crippen LogP contribution is -2.33. The fourth-order valence-electron chi connectivity index (χ4n) is 3.78. The summed E-state index contributed by atoms with van der Waals surface area (Å²) in [6, 6.07) is 14.3. The number of ether oxygens (including phenoxy) is 1. The molecular weight excluding hydrogens is 424 g/mol. The van der Waals surface area contributed by atoms with Gasteiger partial charge in [0, 0.05) is 24.1 Å². The average Bonchev–Trinajstić information content (AvgIpc) is 3.39. The highest BCUT2D eigenvalue weighted by Crippen LogP contribution is 2.32. The molecule has 7 heteroatoms. The van der Waals surface area contributed by atoms with E-state index in [0.29, 0.717) is 36.5 Å². The van der Waals surface area contributed by atoms with E-state index < -0.39 is 5.91 Å². The van der Waals surface area contributed by atoms with Crippen LogP contribution in [0.25, 0.3) is 0 Å². The number of imide groups is 1. The summed E-state index contributed by atoms with van der Waals surface area (Å²) in [5.74, 6) is -0.980. The van der Waals surface area contributed by atoms with E-state index in [0.717, 1.165) is 16.0 Å². The van der Waals surface area contributed by atoms with Crippen molar-refractivity contribution in [3.8, 4) is 0 Å². The highest BCUT2D eigenvalue weighted by Gasteiger charge is 2.38. The molecule has 1 aromatic heterocycles. The molecule has 6 nitrogen and oxygen atoms in total. The molecule has 0 saturated carbocycles. The lowest BCUT2D eigenvalue weighted by molar-refractivity contribution is 0.0682. The van der Waals surface area contributed by atoms with Gasteiger partial charge in [0.05, 0.1) is 30.0 Å². The molecule has 2 heterocycles. The lowest BCUT2D eigenvalue weighted by atomic mass is 10.0. The van der Waals surface area contributed by atoms with E-state index in [-0.39, 0.29) is 17.4 Å². The number of benzene rings is 2. The summed E-state index contributed by atoms with van der Waals surface area (Å²) in [6.45, 7) is 5.07. The zero-order valence-corrected chi connectivity index (χ0v) is 19.1. The predicted octanol–water partition coefficient (Wildman–Crippen LogP) is 4.45. The number of rotatable bonds is 7. The van der Waals surface area contributed by atoms with Gasteiger partial charge >= 0.3 is 0 Å². The topological polar surface area (TPSA) is 66.9 Å². The third-order valence-corrected chi connectivity index (χ3v) is 6.38. The van der Waals surface area contributed by atoms with Crippen molar-refractivity contribution in [2.24, 2.45) is 0 Å². The molecular formula is C25H24N2O4S. The molecule has 0 radical (unpaired) electrons. The molecule has 0 fully saturated rings. The van der Waals surface area contributed by atoms with Gasteiger partial charge in [0.25, 0.3) is 17.7 Å². The molecule has 2 aromatic carbocycles. The van der Waals surface area contributed by atoms with E-state index in [2.05, 4.69) is 0 Å². The summed E-state index contributed by atoms with van der Waals surface area (Å²) in [5.41, 5.74) is 3.31. The summed E-state index contributed by atoms with van der Waals surface area (Å²) in [7, 11) is 1.59. The molecule has 0 atom stereocenters. The van der Waals surface area contributed by atoms with Crippen LogP contribution in [-0.2, 0) is 11.3 Å². The first-order valence-electron chi connectivity index (χ1n) is 10.3. The Bertz CT molecular complexity index is 1190. The van der Waals surface area contributed by atoms with Crippen LogP contribution in [0.1, 0.15) is 47.1 Å². The molecule has 0 N–H and O–H groups in total. The number of aryl methyl sites for hydroxylation is 2. The number of fused-ring (bicyclic) bond motifs is 1. The standard InChI is InChI=1S/C25H24N2O4S/c1-16-6-7-17(2)22(13-16)27-24(29)20-9-8-18(14-21(20)25(27)30)23(28)26(10-11-31-3)15-19-5-4-12-32-19/h4-9,12-14H,10-11,15H2,1-3H3. The molecule has 3 aromatic rings. The number of carbonyl (C=O) groups is 3. The fourth-order valence-corrected chi connectivity index (χ4v) is 4.50. The molecule has 0 aliphatic carbocycles. The molecule has 0 spiro atoms. The van der Waals surface area contributed by atoms with Crippen molar-refractivity contribution < 1.29 is 19.1 Å². The van der Waals surface area contributed by atoms with E-state index >= 15 is 0 Å². The Morgan fingerprint density at radius 3 is 2.53 bits per heavy atom. The summed E-state index contributed by atoms with van der Waals surface area (Å²) in [6.07, 6.45) is 0. The van der Waals surface area contributed by atoms with Gasteiger partial charge in [-0.2, -0.15) is 0 Å². The van der Waals surface area contributed by atoms with E-state index in [9.17, 15) is 14.4 Å². The molecule has 1 aliphatic rings. The summed E-state index contributed by atoms with van der Waals surface area (Å²) < 4.78 is 5.17. The van der Waals surface area contributed by atoms with Crippen LogP contribution in [0.2, 0.25) is 0 Å². The third kappa shape index (κ3) is 4.09. The van der Waals surface area contributed by atoms with Gasteiger partial charge in [0.2, 0.25) is 0 Å². The molecule has 4 rings (SSSR count). The molecule has 164 valence electrons. The Morgan fingerprint density at radius 2 is 1.81 bits per heavy atom. The van der Waals surface area contributed by atoms with Gasteiger partial charge in [-0.25, -0.2) is 4.90 Å². The van der Waals surface area contributed by atoms with Crippen molar-refractivity contribution in [3.63, 3.8) is 0 Å². The minimum Gasteiger partial charge on any atom is -0.383 e. The summed E-state index contributed by atoms with van der Waals surface area (Å²) in [4.78, 5) is 43.5. The summed E-state index contributed by atoms with van der Waals surface area (Å²) >= 11 is 1.58. The van der Waals surface area contributed by atoms with Crippen LogP contribution in [-0.4, -0.2) is 42.9 Å². The molecule has 3 amide bonds. The zero-order chi connectivity index (χ0) is 22.8. The monoisotopic (exact) mass is 448 g/mol. The van der Waals surface area contributed by atoms with Crippen LogP contribution in [0.5, 0.6) is 0 Å². The number of nitrogens with zero attached hydrogens (tertiary/aromatic N) is 2. The van der Waals surface area contributed by atoms with Crippen LogP contribution in [0, 0.1) is 13.8 Å². The van der Waals surface area contributed by atoms with Crippen LogP contribution >= 0.6 is 11.3 Å². The highest BCUT2D eigenvalue weighted by molar-refractivity contribution is 7.09. The van der Waals surface area contributed by atoms with Crippen molar-refractivity contribution in [1.82, 2.24) is 4.90 Å². The Hall–Kier alpha value is -3.29. The lowest BCUT2D eigenvalue weighted by Gasteiger charge is -2.22. The van der Waals surface area contributed by atoms with Crippen LogP contribution in [0.15, 0.2) is 53.9 Å². The van der Waals surface area contributed by atoms with Gasteiger partial charge in [-0.1, -0.05) is 18.2 Å². The molecule has 32 heavy (non-hydrogen) atoms. The number of hydrogen-bond acceptors (Lipinski definition) is 5. The Labute approximate surface area is 191 Å². The fraction of sp³-hybridized carbons (Fsp3) is 0.240. The number of methoxy groups -OCH3 is 1. The van der Waals surface area contributed by atoms with Crippen molar-refractivity contribution in [2.45, 2.75) is 20.4 Å². The normalized spacial score (nSPS) is 12.9. The largest absolute Gasteiger partial charge is 0.383 e. The van der Waals surface area contributed by atoms with Crippen LogP contribution in [0.3, 0.4) is 0 Å². The second-order valence-electron chi connectivity index (χ2n) is 7.79. The number of amides is 3. The maximum atomic E-state index is 13.3. The van der Waals surface area contributed by atoms with Crippen molar-refractivity contribution in [3.05, 3.63) is 86.6 Å². The quantitative estimate of drug-likeness (QED) is 0.501. The van der Waals surface area contributed by atoms with Crippen molar-refractivity contribution >= 4 is 34.7 Å². The second kappa shape index (κ2) is 9.06. The minimum absolute atomic E-state index is 0.205. The number of hydrogen-bond donors (Lipinski definition) is 0. The second-order valence-corrected chi connectivity index (χ2v) is 8.83. The van der Waals surface area contributed by atoms with Crippen LogP contribution < -0.4 is 4.90 Å². The van der Waals surface area contributed by atoms with E-state index in [1.807, 2.05) is 49.6 Å². The first-order chi connectivity index (χ1) is 15.4. The smallest absolute Gasteiger partial charge is 0.266 e. The molecule has 0 unspecified atom stereocenters. The average molecular weight is 449 g/mol. The predicted molar refractivity (Wildman–Crippen MR) is 124 cm³/mol. The van der Waals surface area contributed by atoms with Gasteiger partial charge in [0.15, 0.2) is 0 Å². The molecule has 0 saturated heterocycles. The van der Waals surface area contributed by atoms with Gasteiger partial charge in [-0.05, 0) is 60.7 Å². The summed E-state index contributed by atoms with van der Waals surface area (Å²) in [5, 5.41) is 1.97. The van der Waals surface area contributed by atoms with Gasteiger partial charge in [0.1, 0.15) is 0 Å². The minimum atomic E-state index is -0.407. The van der Waals surface area contributed by atoms with E-state index in [1.165, 1.54) is 11.0 Å². The van der Waals surface area contributed by atoms with Crippen molar-refractivity contribution in [1.29, 1.82) is 0 Å². The maximum absolute atomic E-state index is 13.3. The number of thiophene rings is 1. The third-order valence-electron chi connectivity index (χ3n) is 5.52. The van der Waals surface area contributed by atoms with Gasteiger partial charge in [-0.3, -0.25) is 14.4 Å². The maximum Gasteiger partial charge on any atom is 0.266 e. The zero-order valence-electron chi connectivity index (χ0n) is 18.3. The molecule has 1 aliphatic heterocycles. The van der Waals surface area contributed by atoms with E-state index in [4.69, 9.17) is 4.74 Å². The van der Waals surface area contributed by atoms with Crippen LogP contribution in [0.4, 0.5) is 5.69 Å². The SMILES string of the molecule is COCCN(Cc1cccs1)C(=O)c1ccc2c(c1)C(=O)N(c1cc(C)ccc1C)C2=O. The molecule has 0 bridgehead atoms. The highest BCUT2D eigenvalue weighted by atomic mass is 32.1. The first-order valence-corrected chi connectivity index (χ1v) is 11.2. The Morgan fingerprint density at radius 1 is 1.03 bits per heavy atom. The van der Waals surface area contributed by atoms with Gasteiger partial charge < -0.3 is 9.64 Å². The van der Waals surface area contributed by atoms with Crippen molar-refractivity contribution in [2.75, 3.05) is 25.2 Å². The Balaban J connectivity index is 1.65. The number of carbonyl (C=O) groups excluding carboxylic acids is 3. The first kappa shape index (κ1) is 21.9. The van der Waals surface area contributed by atoms with E-state index in [1.54, 1.807) is 35.5 Å². The Kier molecular flexibility index (Phi) is 6.21.